The third kappa shape index (κ3) is 2.77. The fourth-order valence-corrected chi connectivity index (χ4v) is 3.24. The van der Waals surface area contributed by atoms with Crippen LogP contribution in [0.2, 0.25) is 0 Å². The molecule has 4 heteroatoms. The number of hydrogen-bond acceptors (Lipinski definition) is 3. The Morgan fingerprint density at radius 1 is 1.08 bits per heavy atom. The number of ether oxygens (including phenoxy) is 1. The lowest BCUT2D eigenvalue weighted by atomic mass is 10.2. The van der Waals surface area contributed by atoms with Gasteiger partial charge in [-0.1, -0.05) is 12.1 Å². The lowest BCUT2D eigenvalue weighted by Gasteiger charge is -2.11. The van der Waals surface area contributed by atoms with Gasteiger partial charge in [0.05, 0.1) is 11.8 Å². The molecule has 0 amide bonds. The molecule has 2 heterocycles. The van der Waals surface area contributed by atoms with Crippen molar-refractivity contribution >= 4 is 22.9 Å². The van der Waals surface area contributed by atoms with Crippen LogP contribution in [0.15, 0.2) is 58.3 Å². The van der Waals surface area contributed by atoms with Crippen LogP contribution in [0.4, 0.5) is 5.69 Å². The van der Waals surface area contributed by atoms with Gasteiger partial charge >= 0.3 is 5.89 Å². The highest BCUT2D eigenvalue weighted by Gasteiger charge is 2.23. The lowest BCUT2D eigenvalue weighted by molar-refractivity contribution is -0.652. The van der Waals surface area contributed by atoms with Gasteiger partial charge in [0, 0.05) is 19.2 Å². The monoisotopic (exact) mass is 347 g/mol. The number of benzene rings is 2. The van der Waals surface area contributed by atoms with Crippen molar-refractivity contribution in [3.05, 3.63) is 70.9 Å². The second kappa shape index (κ2) is 6.06. The number of aromatic nitrogens is 1. The summed E-state index contributed by atoms with van der Waals surface area (Å²) in [5, 5.41) is 0. The van der Waals surface area contributed by atoms with E-state index in [1.54, 1.807) is 0 Å². The molecule has 132 valence electrons. The van der Waals surface area contributed by atoms with Crippen molar-refractivity contribution in [3.8, 4) is 5.75 Å². The summed E-state index contributed by atoms with van der Waals surface area (Å²) >= 11 is 0. The molecule has 0 saturated heterocycles. The Kier molecular flexibility index (Phi) is 3.83. The molecule has 2 aromatic carbocycles. The normalized spacial score (nSPS) is 15.7. The number of nitrogens with zero attached hydrogens (tertiary/aromatic N) is 2. The van der Waals surface area contributed by atoms with Gasteiger partial charge in [-0.25, -0.2) is 0 Å². The molecule has 4 rings (SSSR count). The lowest BCUT2D eigenvalue weighted by Crippen LogP contribution is -2.29. The van der Waals surface area contributed by atoms with Crippen molar-refractivity contribution in [2.75, 3.05) is 11.9 Å². The SMILES string of the molecule is CC(=Cc1oc2ccc(C)cc2[n+]1C)C=C1Oc2ccc(C)cc2N1C. The minimum atomic E-state index is 0.814. The predicted molar refractivity (Wildman–Crippen MR) is 104 cm³/mol. The Labute approximate surface area is 153 Å². The van der Waals surface area contributed by atoms with E-state index in [2.05, 4.69) is 54.5 Å². The van der Waals surface area contributed by atoms with Crippen LogP contribution < -0.4 is 14.2 Å². The van der Waals surface area contributed by atoms with Crippen molar-refractivity contribution in [1.29, 1.82) is 0 Å². The topological polar surface area (TPSA) is 29.5 Å². The van der Waals surface area contributed by atoms with Gasteiger partial charge < -0.3 is 14.1 Å². The summed E-state index contributed by atoms with van der Waals surface area (Å²) in [6.45, 7) is 6.23. The fourth-order valence-electron chi connectivity index (χ4n) is 3.24. The minimum absolute atomic E-state index is 0.814. The zero-order valence-electron chi connectivity index (χ0n) is 15.8. The molecule has 0 atom stereocenters. The van der Waals surface area contributed by atoms with E-state index >= 15 is 0 Å². The highest BCUT2D eigenvalue weighted by Crippen LogP contribution is 2.38. The molecule has 0 saturated carbocycles. The van der Waals surface area contributed by atoms with E-state index in [1.807, 2.05) is 38.4 Å². The van der Waals surface area contributed by atoms with E-state index in [4.69, 9.17) is 9.15 Å². The zero-order valence-corrected chi connectivity index (χ0v) is 15.8. The molecule has 0 spiro atoms. The molecule has 0 N–H and O–H groups in total. The first-order valence-corrected chi connectivity index (χ1v) is 8.74. The van der Waals surface area contributed by atoms with E-state index in [0.29, 0.717) is 0 Å². The highest BCUT2D eigenvalue weighted by molar-refractivity contribution is 5.71. The van der Waals surface area contributed by atoms with E-state index < -0.39 is 0 Å². The summed E-state index contributed by atoms with van der Waals surface area (Å²) in [6.07, 6.45) is 4.07. The first-order valence-electron chi connectivity index (χ1n) is 8.74. The first-order chi connectivity index (χ1) is 12.4. The van der Waals surface area contributed by atoms with Gasteiger partial charge in [-0.05, 0) is 55.7 Å². The smallest absolute Gasteiger partial charge is 0.374 e. The molecule has 0 bridgehead atoms. The van der Waals surface area contributed by atoms with Gasteiger partial charge in [0.2, 0.25) is 11.5 Å². The summed E-state index contributed by atoms with van der Waals surface area (Å²) in [5.41, 5.74) is 6.57. The Morgan fingerprint density at radius 3 is 2.62 bits per heavy atom. The third-order valence-corrected chi connectivity index (χ3v) is 4.74. The third-order valence-electron chi connectivity index (χ3n) is 4.74. The molecule has 1 aliphatic heterocycles. The summed E-state index contributed by atoms with van der Waals surface area (Å²) in [5.74, 6) is 2.52. The van der Waals surface area contributed by atoms with Crippen LogP contribution in [-0.2, 0) is 7.05 Å². The molecular weight excluding hydrogens is 324 g/mol. The van der Waals surface area contributed by atoms with Gasteiger partial charge in [0.25, 0.3) is 5.52 Å². The van der Waals surface area contributed by atoms with Crippen LogP contribution >= 0.6 is 0 Å². The number of hydrogen-bond donors (Lipinski definition) is 0. The molecule has 3 aromatic rings. The van der Waals surface area contributed by atoms with Crippen molar-refractivity contribution in [1.82, 2.24) is 0 Å². The van der Waals surface area contributed by atoms with Crippen molar-refractivity contribution < 1.29 is 13.7 Å². The molecule has 0 unspecified atom stereocenters. The average Bonchev–Trinajstić information content (AvgIpc) is 3.06. The molecule has 1 aromatic heterocycles. The highest BCUT2D eigenvalue weighted by atomic mass is 16.5. The average molecular weight is 347 g/mol. The molecule has 0 fully saturated rings. The number of fused-ring (bicyclic) bond motifs is 2. The van der Waals surface area contributed by atoms with E-state index in [1.165, 1.54) is 11.1 Å². The van der Waals surface area contributed by atoms with E-state index in [0.717, 1.165) is 39.9 Å². The second-order valence-corrected chi connectivity index (χ2v) is 6.97. The number of anilines is 1. The Hall–Kier alpha value is -3.01. The van der Waals surface area contributed by atoms with Gasteiger partial charge in [0.1, 0.15) is 7.05 Å². The quantitative estimate of drug-likeness (QED) is 0.632. The summed E-state index contributed by atoms with van der Waals surface area (Å²) in [6, 6.07) is 12.4. The van der Waals surface area contributed by atoms with Crippen molar-refractivity contribution in [2.24, 2.45) is 7.05 Å². The molecular formula is C22H23N2O2+. The Bertz CT molecular complexity index is 1070. The van der Waals surface area contributed by atoms with Crippen LogP contribution in [0.3, 0.4) is 0 Å². The van der Waals surface area contributed by atoms with Gasteiger partial charge in [-0.15, -0.1) is 0 Å². The molecule has 4 nitrogen and oxygen atoms in total. The Balaban J connectivity index is 1.67. The largest absolute Gasteiger partial charge is 0.439 e. The van der Waals surface area contributed by atoms with Crippen LogP contribution in [0, 0.1) is 13.8 Å². The van der Waals surface area contributed by atoms with Crippen molar-refractivity contribution in [2.45, 2.75) is 20.8 Å². The number of oxazole rings is 1. The maximum absolute atomic E-state index is 6.00. The second-order valence-electron chi connectivity index (χ2n) is 6.97. The van der Waals surface area contributed by atoms with E-state index in [-0.39, 0.29) is 0 Å². The summed E-state index contributed by atoms with van der Waals surface area (Å²) in [4.78, 5) is 2.07. The maximum Gasteiger partial charge on any atom is 0.374 e. The number of allylic oxidation sites excluding steroid dienone is 2. The summed E-state index contributed by atoms with van der Waals surface area (Å²) in [7, 11) is 4.04. The van der Waals surface area contributed by atoms with Gasteiger partial charge in [0.15, 0.2) is 5.75 Å². The number of rotatable bonds is 2. The van der Waals surface area contributed by atoms with Crippen LogP contribution in [0.5, 0.6) is 5.75 Å². The maximum atomic E-state index is 6.00. The Morgan fingerprint density at radius 2 is 1.81 bits per heavy atom. The van der Waals surface area contributed by atoms with E-state index in [9.17, 15) is 0 Å². The standard InChI is InChI=1S/C22H23N2O2/c1-14-6-8-19-17(10-14)23(4)21(25-19)12-16(3)13-22-24(5)18-11-15(2)7-9-20(18)26-22/h6-13H,1-5H3/q+1. The number of aryl methyl sites for hydroxylation is 3. The zero-order chi connectivity index (χ0) is 18.4. The molecule has 26 heavy (non-hydrogen) atoms. The van der Waals surface area contributed by atoms with Gasteiger partial charge in [-0.2, -0.15) is 4.57 Å². The summed E-state index contributed by atoms with van der Waals surface area (Å²) < 4.78 is 14.1. The predicted octanol–water partition coefficient (Wildman–Crippen LogP) is 4.65. The van der Waals surface area contributed by atoms with Crippen LogP contribution in [0.25, 0.3) is 17.2 Å². The molecule has 0 aliphatic carbocycles. The first kappa shape index (κ1) is 16.5. The fraction of sp³-hybridized carbons (Fsp3) is 0.227. The minimum Gasteiger partial charge on any atom is -0.439 e. The van der Waals surface area contributed by atoms with Gasteiger partial charge in [-0.3, -0.25) is 0 Å². The molecule has 1 aliphatic rings. The van der Waals surface area contributed by atoms with Crippen LogP contribution in [0.1, 0.15) is 23.9 Å². The molecule has 0 radical (unpaired) electrons. The van der Waals surface area contributed by atoms with Crippen LogP contribution in [-0.4, -0.2) is 7.05 Å². The van der Waals surface area contributed by atoms with Crippen molar-refractivity contribution in [3.63, 3.8) is 0 Å².